The summed E-state index contributed by atoms with van der Waals surface area (Å²) in [6.45, 7) is 2.05. The highest BCUT2D eigenvalue weighted by molar-refractivity contribution is 5.24. The van der Waals surface area contributed by atoms with E-state index in [1.54, 1.807) is 7.11 Å². The first-order valence-electron chi connectivity index (χ1n) is 3.98. The molecule has 0 aromatic heterocycles. The minimum atomic E-state index is -0.190. The number of hydrogen-bond donors (Lipinski definition) is 1. The van der Waals surface area contributed by atoms with Gasteiger partial charge in [-0.2, -0.15) is 0 Å². The molecule has 0 aliphatic heterocycles. The number of aliphatic hydroxyl groups excluding tert-OH is 1. The number of rotatable bonds is 3. The van der Waals surface area contributed by atoms with Gasteiger partial charge in [0, 0.05) is 7.11 Å². The van der Waals surface area contributed by atoms with E-state index in [1.165, 1.54) is 5.56 Å². The Morgan fingerprint density at radius 1 is 1.50 bits per heavy atom. The summed E-state index contributed by atoms with van der Waals surface area (Å²) >= 11 is 0. The van der Waals surface area contributed by atoms with Crippen molar-refractivity contribution in [1.82, 2.24) is 0 Å². The molecule has 1 rings (SSSR count). The third-order valence-corrected chi connectivity index (χ3v) is 1.86. The van der Waals surface area contributed by atoms with E-state index in [0.717, 1.165) is 5.56 Å². The Hall–Kier alpha value is -0.860. The van der Waals surface area contributed by atoms with Gasteiger partial charge in [-0.1, -0.05) is 29.8 Å². The first kappa shape index (κ1) is 9.23. The monoisotopic (exact) mass is 166 g/mol. The van der Waals surface area contributed by atoms with Crippen molar-refractivity contribution in [3.8, 4) is 0 Å². The highest BCUT2D eigenvalue weighted by Gasteiger charge is 2.07. The van der Waals surface area contributed by atoms with E-state index in [0.29, 0.717) is 0 Å². The topological polar surface area (TPSA) is 29.5 Å². The molecule has 0 aliphatic carbocycles. The molecule has 2 heteroatoms. The van der Waals surface area contributed by atoms with Gasteiger partial charge in [-0.3, -0.25) is 0 Å². The number of hydrogen-bond acceptors (Lipinski definition) is 2. The van der Waals surface area contributed by atoms with Crippen LogP contribution in [0.4, 0.5) is 0 Å². The molecule has 0 heterocycles. The van der Waals surface area contributed by atoms with E-state index < -0.39 is 0 Å². The van der Waals surface area contributed by atoms with Crippen molar-refractivity contribution < 1.29 is 9.84 Å². The Balaban J connectivity index is 2.85. The summed E-state index contributed by atoms with van der Waals surface area (Å²) < 4.78 is 5.09. The summed E-state index contributed by atoms with van der Waals surface area (Å²) in [7, 11) is 1.60. The zero-order chi connectivity index (χ0) is 8.97. The maximum Gasteiger partial charge on any atom is 0.105 e. The Kier molecular flexibility index (Phi) is 3.26. The Morgan fingerprint density at radius 2 is 2.25 bits per heavy atom. The number of aliphatic hydroxyl groups is 1. The standard InChI is InChI=1S/C10H14O2/c1-8-4-3-5-9(6-8)10(7-11)12-2/h3-6,10-11H,7H2,1-2H3. The van der Waals surface area contributed by atoms with Crippen LogP contribution in [-0.2, 0) is 4.74 Å². The first-order chi connectivity index (χ1) is 5.77. The van der Waals surface area contributed by atoms with Gasteiger partial charge in [-0.25, -0.2) is 0 Å². The quantitative estimate of drug-likeness (QED) is 0.740. The van der Waals surface area contributed by atoms with E-state index in [2.05, 4.69) is 0 Å². The molecule has 0 amide bonds. The second-order valence-electron chi connectivity index (χ2n) is 2.82. The summed E-state index contributed by atoms with van der Waals surface area (Å²) in [4.78, 5) is 0. The molecule has 1 unspecified atom stereocenters. The van der Waals surface area contributed by atoms with Crippen molar-refractivity contribution >= 4 is 0 Å². The maximum absolute atomic E-state index is 8.95. The number of ether oxygens (including phenoxy) is 1. The molecule has 2 nitrogen and oxygen atoms in total. The average molecular weight is 166 g/mol. The lowest BCUT2D eigenvalue weighted by atomic mass is 10.1. The zero-order valence-corrected chi connectivity index (χ0v) is 7.45. The highest BCUT2D eigenvalue weighted by Crippen LogP contribution is 2.16. The summed E-state index contributed by atoms with van der Waals surface area (Å²) in [6.07, 6.45) is -0.190. The van der Waals surface area contributed by atoms with Gasteiger partial charge in [-0.05, 0) is 12.5 Å². The highest BCUT2D eigenvalue weighted by atomic mass is 16.5. The SMILES string of the molecule is COC(CO)c1cccc(C)c1. The average Bonchev–Trinajstić information content (AvgIpc) is 2.07. The molecule has 66 valence electrons. The van der Waals surface area contributed by atoms with E-state index in [-0.39, 0.29) is 12.7 Å². The predicted octanol–water partition coefficient (Wildman–Crippen LogP) is 1.67. The van der Waals surface area contributed by atoms with Gasteiger partial charge in [0.1, 0.15) is 6.10 Å². The van der Waals surface area contributed by atoms with Crippen LogP contribution in [-0.4, -0.2) is 18.8 Å². The minimum absolute atomic E-state index is 0.0277. The van der Waals surface area contributed by atoms with Crippen LogP contribution in [0.1, 0.15) is 17.2 Å². The van der Waals surface area contributed by atoms with Crippen LogP contribution in [0.3, 0.4) is 0 Å². The summed E-state index contributed by atoms with van der Waals surface area (Å²) in [5.41, 5.74) is 2.21. The van der Waals surface area contributed by atoms with Crippen LogP contribution >= 0.6 is 0 Å². The van der Waals surface area contributed by atoms with Crippen molar-refractivity contribution in [3.05, 3.63) is 35.4 Å². The molecule has 0 aliphatic rings. The molecule has 0 spiro atoms. The van der Waals surface area contributed by atoms with Crippen molar-refractivity contribution in [1.29, 1.82) is 0 Å². The lowest BCUT2D eigenvalue weighted by Gasteiger charge is -2.12. The summed E-state index contributed by atoms with van der Waals surface area (Å²) in [6, 6.07) is 7.96. The lowest BCUT2D eigenvalue weighted by molar-refractivity contribution is 0.0484. The molecule has 0 saturated heterocycles. The summed E-state index contributed by atoms with van der Waals surface area (Å²) in [5.74, 6) is 0. The predicted molar refractivity (Wildman–Crippen MR) is 48.0 cm³/mol. The third-order valence-electron chi connectivity index (χ3n) is 1.86. The largest absolute Gasteiger partial charge is 0.393 e. The number of benzene rings is 1. The summed E-state index contributed by atoms with van der Waals surface area (Å²) in [5, 5.41) is 8.95. The van der Waals surface area contributed by atoms with E-state index >= 15 is 0 Å². The van der Waals surface area contributed by atoms with Crippen LogP contribution in [0.2, 0.25) is 0 Å². The molecule has 0 radical (unpaired) electrons. The smallest absolute Gasteiger partial charge is 0.105 e. The molecule has 1 atom stereocenters. The van der Waals surface area contributed by atoms with Crippen LogP contribution in [0.25, 0.3) is 0 Å². The minimum Gasteiger partial charge on any atom is -0.393 e. The van der Waals surface area contributed by atoms with Gasteiger partial charge in [0.2, 0.25) is 0 Å². The second kappa shape index (κ2) is 4.24. The van der Waals surface area contributed by atoms with Crippen molar-refractivity contribution in [2.45, 2.75) is 13.0 Å². The van der Waals surface area contributed by atoms with Crippen LogP contribution in [0.5, 0.6) is 0 Å². The van der Waals surface area contributed by atoms with Crippen molar-refractivity contribution in [3.63, 3.8) is 0 Å². The fourth-order valence-corrected chi connectivity index (χ4v) is 1.19. The van der Waals surface area contributed by atoms with Crippen molar-refractivity contribution in [2.24, 2.45) is 0 Å². The lowest BCUT2D eigenvalue weighted by Crippen LogP contribution is -2.05. The van der Waals surface area contributed by atoms with Gasteiger partial charge in [0.15, 0.2) is 0 Å². The van der Waals surface area contributed by atoms with Gasteiger partial charge in [0.05, 0.1) is 6.61 Å². The molecule has 1 N–H and O–H groups in total. The molecular weight excluding hydrogens is 152 g/mol. The van der Waals surface area contributed by atoms with E-state index in [1.807, 2.05) is 31.2 Å². The Labute approximate surface area is 72.8 Å². The van der Waals surface area contributed by atoms with Gasteiger partial charge in [0.25, 0.3) is 0 Å². The zero-order valence-electron chi connectivity index (χ0n) is 7.45. The second-order valence-corrected chi connectivity index (χ2v) is 2.82. The first-order valence-corrected chi connectivity index (χ1v) is 3.98. The molecule has 1 aromatic carbocycles. The van der Waals surface area contributed by atoms with Gasteiger partial charge in [-0.15, -0.1) is 0 Å². The fourth-order valence-electron chi connectivity index (χ4n) is 1.19. The molecule has 0 saturated carbocycles. The number of aryl methyl sites for hydroxylation is 1. The molecule has 0 bridgehead atoms. The van der Waals surface area contributed by atoms with Gasteiger partial charge >= 0.3 is 0 Å². The third kappa shape index (κ3) is 2.06. The molecule has 0 fully saturated rings. The Bertz CT molecular complexity index is 241. The van der Waals surface area contributed by atoms with Crippen molar-refractivity contribution in [2.75, 3.05) is 13.7 Å². The Morgan fingerprint density at radius 3 is 2.75 bits per heavy atom. The van der Waals surface area contributed by atoms with E-state index in [4.69, 9.17) is 9.84 Å². The normalized spacial score (nSPS) is 12.9. The van der Waals surface area contributed by atoms with Crippen LogP contribution < -0.4 is 0 Å². The molecular formula is C10H14O2. The molecule has 12 heavy (non-hydrogen) atoms. The number of methoxy groups -OCH3 is 1. The van der Waals surface area contributed by atoms with Gasteiger partial charge < -0.3 is 9.84 Å². The van der Waals surface area contributed by atoms with Crippen LogP contribution in [0, 0.1) is 6.92 Å². The fraction of sp³-hybridized carbons (Fsp3) is 0.400. The molecule has 1 aromatic rings. The van der Waals surface area contributed by atoms with Crippen LogP contribution in [0.15, 0.2) is 24.3 Å². The van der Waals surface area contributed by atoms with E-state index in [9.17, 15) is 0 Å². The maximum atomic E-state index is 8.95.